The van der Waals surface area contributed by atoms with Gasteiger partial charge in [-0.25, -0.2) is 9.97 Å². The zero-order chi connectivity index (χ0) is 15.6. The van der Waals surface area contributed by atoms with Gasteiger partial charge in [0, 0.05) is 36.4 Å². The van der Waals surface area contributed by atoms with Crippen molar-refractivity contribution < 1.29 is 4.79 Å². The van der Waals surface area contributed by atoms with Gasteiger partial charge >= 0.3 is 0 Å². The van der Waals surface area contributed by atoms with Crippen LogP contribution in [-0.4, -0.2) is 26.9 Å². The number of aromatic nitrogens is 3. The Morgan fingerprint density at radius 1 is 1.09 bits per heavy atom. The Morgan fingerprint density at radius 2 is 1.96 bits per heavy atom. The van der Waals surface area contributed by atoms with E-state index in [0.717, 1.165) is 17.9 Å². The van der Waals surface area contributed by atoms with Crippen LogP contribution in [0.1, 0.15) is 42.5 Å². The van der Waals surface area contributed by atoms with Crippen LogP contribution < -0.4 is 5.32 Å². The lowest BCUT2D eigenvalue weighted by molar-refractivity contribution is 0.0925. The van der Waals surface area contributed by atoms with E-state index in [1.165, 1.54) is 25.7 Å². The van der Waals surface area contributed by atoms with Gasteiger partial charge in [-0.2, -0.15) is 0 Å². The standard InChI is InChI=1S/C18H20N4O/c23-18(22-16-7-6-12-3-1-5-15(12)16)14-10-20-17(21-11-14)13-4-2-8-19-9-13/h2,4,8-12,15-16H,1,3,5-7H2,(H,22,23)/t12-,15-,16-/m1/s1. The van der Waals surface area contributed by atoms with E-state index in [0.29, 0.717) is 23.3 Å². The zero-order valence-electron chi connectivity index (χ0n) is 13.0. The molecule has 2 aliphatic rings. The average Bonchev–Trinajstić information content (AvgIpc) is 3.21. The minimum atomic E-state index is -0.0553. The van der Waals surface area contributed by atoms with Gasteiger partial charge in [-0.15, -0.1) is 0 Å². The van der Waals surface area contributed by atoms with Gasteiger partial charge in [0.05, 0.1) is 5.56 Å². The highest BCUT2D eigenvalue weighted by atomic mass is 16.1. The Kier molecular flexibility index (Phi) is 3.77. The molecule has 2 aromatic heterocycles. The minimum absolute atomic E-state index is 0.0553. The highest BCUT2D eigenvalue weighted by Gasteiger charge is 2.39. The number of nitrogens with zero attached hydrogens (tertiary/aromatic N) is 3. The average molecular weight is 308 g/mol. The van der Waals surface area contributed by atoms with Crippen molar-refractivity contribution >= 4 is 5.91 Å². The highest BCUT2D eigenvalue weighted by Crippen LogP contribution is 2.43. The van der Waals surface area contributed by atoms with Crippen molar-refractivity contribution in [2.24, 2.45) is 11.8 Å². The Labute approximate surface area is 135 Å². The predicted molar refractivity (Wildman–Crippen MR) is 86.6 cm³/mol. The normalized spacial score (nSPS) is 26.0. The highest BCUT2D eigenvalue weighted by molar-refractivity contribution is 5.94. The molecule has 0 bridgehead atoms. The first-order valence-electron chi connectivity index (χ1n) is 8.34. The monoisotopic (exact) mass is 308 g/mol. The summed E-state index contributed by atoms with van der Waals surface area (Å²) < 4.78 is 0. The van der Waals surface area contributed by atoms with E-state index in [1.54, 1.807) is 24.8 Å². The molecule has 5 nitrogen and oxygen atoms in total. The van der Waals surface area contributed by atoms with Crippen LogP contribution in [0.5, 0.6) is 0 Å². The number of carbonyl (C=O) groups is 1. The molecule has 0 saturated heterocycles. The summed E-state index contributed by atoms with van der Waals surface area (Å²) in [5, 5.41) is 3.19. The molecular weight excluding hydrogens is 288 g/mol. The molecule has 4 rings (SSSR count). The maximum atomic E-state index is 12.4. The summed E-state index contributed by atoms with van der Waals surface area (Å²) in [7, 11) is 0. The first kappa shape index (κ1) is 14.3. The van der Waals surface area contributed by atoms with Crippen molar-refractivity contribution in [3.05, 3.63) is 42.5 Å². The number of nitrogens with one attached hydrogen (secondary N) is 1. The van der Waals surface area contributed by atoms with Gasteiger partial charge in [-0.1, -0.05) is 12.8 Å². The van der Waals surface area contributed by atoms with Gasteiger partial charge in [0.1, 0.15) is 0 Å². The van der Waals surface area contributed by atoms with Crippen LogP contribution in [-0.2, 0) is 0 Å². The molecule has 1 N–H and O–H groups in total. The molecule has 0 aliphatic heterocycles. The quantitative estimate of drug-likeness (QED) is 0.946. The Hall–Kier alpha value is -2.30. The summed E-state index contributed by atoms with van der Waals surface area (Å²) in [5.41, 5.74) is 1.38. The van der Waals surface area contributed by atoms with E-state index in [9.17, 15) is 4.79 Å². The van der Waals surface area contributed by atoms with E-state index in [4.69, 9.17) is 0 Å². The molecule has 0 radical (unpaired) electrons. The fraction of sp³-hybridized carbons (Fsp3) is 0.444. The first-order valence-corrected chi connectivity index (χ1v) is 8.34. The van der Waals surface area contributed by atoms with E-state index in [2.05, 4.69) is 20.3 Å². The SMILES string of the molecule is O=C(N[C@@H]1CC[C@H]2CCC[C@H]21)c1cnc(-c2cccnc2)nc1. The summed E-state index contributed by atoms with van der Waals surface area (Å²) in [4.78, 5) is 25.1. The summed E-state index contributed by atoms with van der Waals surface area (Å²) in [6.45, 7) is 0. The molecule has 2 aromatic rings. The van der Waals surface area contributed by atoms with Crippen LogP contribution in [0.2, 0.25) is 0 Å². The van der Waals surface area contributed by atoms with Crippen molar-refractivity contribution in [2.45, 2.75) is 38.1 Å². The Balaban J connectivity index is 1.45. The minimum Gasteiger partial charge on any atom is -0.349 e. The number of amides is 1. The van der Waals surface area contributed by atoms with Gasteiger partial charge < -0.3 is 5.32 Å². The third-order valence-electron chi connectivity index (χ3n) is 5.23. The lowest BCUT2D eigenvalue weighted by Crippen LogP contribution is -2.37. The van der Waals surface area contributed by atoms with E-state index >= 15 is 0 Å². The number of rotatable bonds is 3. The van der Waals surface area contributed by atoms with Gasteiger partial charge in [0.25, 0.3) is 5.91 Å². The smallest absolute Gasteiger partial charge is 0.254 e. The number of carbonyl (C=O) groups excluding carboxylic acids is 1. The largest absolute Gasteiger partial charge is 0.349 e. The maximum Gasteiger partial charge on any atom is 0.254 e. The molecule has 0 spiro atoms. The van der Waals surface area contributed by atoms with Crippen molar-refractivity contribution in [3.63, 3.8) is 0 Å². The molecule has 2 aliphatic carbocycles. The van der Waals surface area contributed by atoms with Gasteiger partial charge in [0.2, 0.25) is 0 Å². The second kappa shape index (κ2) is 6.07. The Bertz CT molecular complexity index is 686. The van der Waals surface area contributed by atoms with Gasteiger partial charge in [0.15, 0.2) is 5.82 Å². The molecule has 0 unspecified atom stereocenters. The van der Waals surface area contributed by atoms with E-state index < -0.39 is 0 Å². The van der Waals surface area contributed by atoms with Crippen molar-refractivity contribution in [3.8, 4) is 11.4 Å². The number of hydrogen-bond acceptors (Lipinski definition) is 4. The number of hydrogen-bond donors (Lipinski definition) is 1. The van der Waals surface area contributed by atoms with Gasteiger partial charge in [-0.3, -0.25) is 9.78 Å². The lowest BCUT2D eigenvalue weighted by atomic mass is 9.97. The molecule has 118 valence electrons. The molecule has 2 fully saturated rings. The predicted octanol–water partition coefficient (Wildman–Crippen LogP) is 2.85. The van der Waals surface area contributed by atoms with Crippen molar-refractivity contribution in [1.29, 1.82) is 0 Å². The first-order chi connectivity index (χ1) is 11.3. The molecule has 23 heavy (non-hydrogen) atoms. The Morgan fingerprint density at radius 3 is 2.74 bits per heavy atom. The van der Waals surface area contributed by atoms with Crippen LogP contribution in [0.15, 0.2) is 36.9 Å². The lowest BCUT2D eigenvalue weighted by Gasteiger charge is -2.19. The molecule has 2 heterocycles. The van der Waals surface area contributed by atoms with Crippen molar-refractivity contribution in [1.82, 2.24) is 20.3 Å². The fourth-order valence-electron chi connectivity index (χ4n) is 4.08. The van der Waals surface area contributed by atoms with Crippen LogP contribution in [0, 0.1) is 11.8 Å². The van der Waals surface area contributed by atoms with Crippen LogP contribution >= 0.6 is 0 Å². The number of fused-ring (bicyclic) bond motifs is 1. The zero-order valence-corrected chi connectivity index (χ0v) is 13.0. The van der Waals surface area contributed by atoms with E-state index in [-0.39, 0.29) is 5.91 Å². The molecule has 2 saturated carbocycles. The summed E-state index contributed by atoms with van der Waals surface area (Å²) >= 11 is 0. The van der Waals surface area contributed by atoms with Crippen LogP contribution in [0.3, 0.4) is 0 Å². The topological polar surface area (TPSA) is 67.8 Å². The van der Waals surface area contributed by atoms with Crippen LogP contribution in [0.25, 0.3) is 11.4 Å². The van der Waals surface area contributed by atoms with Gasteiger partial charge in [-0.05, 0) is 43.2 Å². The van der Waals surface area contributed by atoms with Crippen LogP contribution in [0.4, 0.5) is 0 Å². The molecule has 0 aromatic carbocycles. The number of pyridine rings is 1. The molecule has 5 heteroatoms. The fourth-order valence-corrected chi connectivity index (χ4v) is 4.08. The maximum absolute atomic E-state index is 12.4. The molecule has 3 atom stereocenters. The van der Waals surface area contributed by atoms with Crippen molar-refractivity contribution in [2.75, 3.05) is 0 Å². The molecule has 1 amide bonds. The van der Waals surface area contributed by atoms with E-state index in [1.807, 2.05) is 12.1 Å². The second-order valence-electron chi connectivity index (χ2n) is 6.55. The summed E-state index contributed by atoms with van der Waals surface area (Å²) in [5.74, 6) is 2.03. The second-order valence-corrected chi connectivity index (χ2v) is 6.55. The summed E-state index contributed by atoms with van der Waals surface area (Å²) in [6, 6.07) is 4.08. The summed E-state index contributed by atoms with van der Waals surface area (Å²) in [6.07, 6.45) is 12.9. The molecular formula is C18H20N4O. The third-order valence-corrected chi connectivity index (χ3v) is 5.23. The third kappa shape index (κ3) is 2.83.